The Labute approximate surface area is 186 Å². The van der Waals surface area contributed by atoms with Crippen LogP contribution in [0.15, 0.2) is 84.9 Å². The van der Waals surface area contributed by atoms with Gasteiger partial charge in [0.15, 0.2) is 0 Å². The number of benzene rings is 3. The van der Waals surface area contributed by atoms with Gasteiger partial charge in [0.25, 0.3) is 5.91 Å². The Morgan fingerprint density at radius 1 is 0.935 bits per heavy atom. The van der Waals surface area contributed by atoms with Crippen molar-refractivity contribution in [3.8, 4) is 16.2 Å². The summed E-state index contributed by atoms with van der Waals surface area (Å²) in [5, 5.41) is 0.869. The van der Waals surface area contributed by atoms with Crippen molar-refractivity contribution >= 4 is 22.9 Å². The first-order chi connectivity index (χ1) is 15.2. The topological polar surface area (TPSA) is 42.4 Å². The molecule has 1 heterocycles. The fourth-order valence-electron chi connectivity index (χ4n) is 3.42. The van der Waals surface area contributed by atoms with E-state index in [1.54, 1.807) is 16.2 Å². The number of rotatable bonds is 7. The van der Waals surface area contributed by atoms with E-state index in [9.17, 15) is 4.79 Å². The fraction of sp³-hybridized carbons (Fsp3) is 0.154. The molecule has 0 spiro atoms. The molecule has 0 saturated carbocycles. The number of ether oxygens (including phenoxy) is 1. The molecule has 1 aromatic heterocycles. The molecule has 31 heavy (non-hydrogen) atoms. The van der Waals surface area contributed by atoms with Crippen LogP contribution in [-0.4, -0.2) is 17.5 Å². The highest BCUT2D eigenvalue weighted by atomic mass is 32.1. The van der Waals surface area contributed by atoms with Gasteiger partial charge in [-0.3, -0.25) is 4.79 Å². The van der Waals surface area contributed by atoms with Crippen LogP contribution in [-0.2, 0) is 6.54 Å². The van der Waals surface area contributed by atoms with Gasteiger partial charge in [-0.1, -0.05) is 60.7 Å². The van der Waals surface area contributed by atoms with Gasteiger partial charge in [0.05, 0.1) is 23.0 Å². The Morgan fingerprint density at radius 2 is 1.58 bits per heavy atom. The van der Waals surface area contributed by atoms with Crippen LogP contribution in [0.4, 0.5) is 5.69 Å². The quantitative estimate of drug-likeness (QED) is 0.344. The SMILES string of the molecule is CCOc1ccc(N(Cc2ccccc2)C(=O)c2nc(C)sc2-c2ccccc2)cc1. The second-order valence-corrected chi connectivity index (χ2v) is 8.28. The summed E-state index contributed by atoms with van der Waals surface area (Å²) in [6.07, 6.45) is 0. The normalized spacial score (nSPS) is 10.6. The Hall–Kier alpha value is -3.44. The van der Waals surface area contributed by atoms with Gasteiger partial charge in [-0.05, 0) is 49.2 Å². The molecule has 156 valence electrons. The van der Waals surface area contributed by atoms with Gasteiger partial charge < -0.3 is 9.64 Å². The number of thiazole rings is 1. The van der Waals surface area contributed by atoms with Gasteiger partial charge in [-0.15, -0.1) is 11.3 Å². The van der Waals surface area contributed by atoms with E-state index in [0.717, 1.165) is 32.4 Å². The van der Waals surface area contributed by atoms with E-state index in [4.69, 9.17) is 4.74 Å². The molecular weight excluding hydrogens is 404 g/mol. The minimum absolute atomic E-state index is 0.115. The largest absolute Gasteiger partial charge is 0.494 e. The van der Waals surface area contributed by atoms with Crippen LogP contribution >= 0.6 is 11.3 Å². The molecule has 0 unspecified atom stereocenters. The summed E-state index contributed by atoms with van der Waals surface area (Å²) in [4.78, 5) is 21.1. The van der Waals surface area contributed by atoms with Crippen LogP contribution in [0.3, 0.4) is 0 Å². The average Bonchev–Trinajstić information content (AvgIpc) is 3.21. The predicted octanol–water partition coefficient (Wildman–Crippen LogP) is 6.36. The fourth-order valence-corrected chi connectivity index (χ4v) is 4.34. The van der Waals surface area contributed by atoms with Crippen molar-refractivity contribution in [1.29, 1.82) is 0 Å². The highest BCUT2D eigenvalue weighted by Gasteiger charge is 2.25. The van der Waals surface area contributed by atoms with E-state index in [-0.39, 0.29) is 5.91 Å². The number of aromatic nitrogens is 1. The number of carbonyl (C=O) groups is 1. The third kappa shape index (κ3) is 4.84. The summed E-state index contributed by atoms with van der Waals surface area (Å²) in [7, 11) is 0. The molecule has 5 heteroatoms. The minimum atomic E-state index is -0.115. The summed E-state index contributed by atoms with van der Waals surface area (Å²) < 4.78 is 5.57. The maximum Gasteiger partial charge on any atom is 0.278 e. The summed E-state index contributed by atoms with van der Waals surface area (Å²) in [6.45, 7) is 4.95. The van der Waals surface area contributed by atoms with E-state index in [2.05, 4.69) is 4.98 Å². The Morgan fingerprint density at radius 3 is 2.23 bits per heavy atom. The van der Waals surface area contributed by atoms with E-state index in [1.165, 1.54) is 0 Å². The van der Waals surface area contributed by atoms with Crippen molar-refractivity contribution in [2.24, 2.45) is 0 Å². The number of hydrogen-bond donors (Lipinski definition) is 0. The first-order valence-electron chi connectivity index (χ1n) is 10.3. The molecule has 0 atom stereocenters. The second-order valence-electron chi connectivity index (χ2n) is 7.08. The van der Waals surface area contributed by atoms with Gasteiger partial charge in [0.2, 0.25) is 0 Å². The first kappa shape index (κ1) is 20.8. The van der Waals surface area contributed by atoms with E-state index < -0.39 is 0 Å². The zero-order chi connectivity index (χ0) is 21.6. The zero-order valence-electron chi connectivity index (χ0n) is 17.6. The number of hydrogen-bond acceptors (Lipinski definition) is 4. The summed E-state index contributed by atoms with van der Waals surface area (Å²) in [5.74, 6) is 0.670. The first-order valence-corrected chi connectivity index (χ1v) is 11.1. The van der Waals surface area contributed by atoms with Crippen LogP contribution < -0.4 is 9.64 Å². The van der Waals surface area contributed by atoms with E-state index in [1.807, 2.05) is 98.8 Å². The second kappa shape index (κ2) is 9.58. The summed E-state index contributed by atoms with van der Waals surface area (Å²) >= 11 is 1.55. The number of anilines is 1. The molecule has 0 aliphatic carbocycles. The molecule has 4 aromatic rings. The van der Waals surface area contributed by atoms with Crippen molar-refractivity contribution in [2.75, 3.05) is 11.5 Å². The van der Waals surface area contributed by atoms with Crippen molar-refractivity contribution in [1.82, 2.24) is 4.98 Å². The Kier molecular flexibility index (Phi) is 6.43. The number of aryl methyl sites for hydroxylation is 1. The van der Waals surface area contributed by atoms with Crippen LogP contribution in [0.25, 0.3) is 10.4 Å². The Bertz CT molecular complexity index is 1140. The monoisotopic (exact) mass is 428 g/mol. The van der Waals surface area contributed by atoms with Crippen molar-refractivity contribution in [3.05, 3.63) is 101 Å². The van der Waals surface area contributed by atoms with Gasteiger partial charge in [-0.2, -0.15) is 0 Å². The van der Waals surface area contributed by atoms with Crippen LogP contribution in [0, 0.1) is 6.92 Å². The molecular formula is C26H24N2O2S. The van der Waals surface area contributed by atoms with Crippen molar-refractivity contribution in [2.45, 2.75) is 20.4 Å². The van der Waals surface area contributed by atoms with E-state index >= 15 is 0 Å². The third-order valence-corrected chi connectivity index (χ3v) is 5.88. The molecule has 0 aliphatic rings. The maximum atomic E-state index is 13.8. The molecule has 1 amide bonds. The molecule has 0 fully saturated rings. The van der Waals surface area contributed by atoms with Gasteiger partial charge in [0.1, 0.15) is 11.4 Å². The third-order valence-electron chi connectivity index (χ3n) is 4.86. The molecule has 4 rings (SSSR count). The number of nitrogens with zero attached hydrogens (tertiary/aromatic N) is 2. The number of amides is 1. The van der Waals surface area contributed by atoms with Gasteiger partial charge in [-0.25, -0.2) is 4.98 Å². The molecule has 0 bridgehead atoms. The van der Waals surface area contributed by atoms with Crippen LogP contribution in [0.1, 0.15) is 28.0 Å². The average molecular weight is 429 g/mol. The minimum Gasteiger partial charge on any atom is -0.494 e. The van der Waals surface area contributed by atoms with Crippen molar-refractivity contribution in [3.63, 3.8) is 0 Å². The van der Waals surface area contributed by atoms with Gasteiger partial charge >= 0.3 is 0 Å². The molecule has 0 aliphatic heterocycles. The lowest BCUT2D eigenvalue weighted by atomic mass is 10.1. The lowest BCUT2D eigenvalue weighted by molar-refractivity contribution is 0.0981. The lowest BCUT2D eigenvalue weighted by Gasteiger charge is -2.23. The highest BCUT2D eigenvalue weighted by molar-refractivity contribution is 7.15. The molecule has 0 N–H and O–H groups in total. The highest BCUT2D eigenvalue weighted by Crippen LogP contribution is 2.32. The van der Waals surface area contributed by atoms with Crippen LogP contribution in [0.5, 0.6) is 5.75 Å². The summed E-state index contributed by atoms with van der Waals surface area (Å²) in [6, 6.07) is 27.6. The molecule has 3 aromatic carbocycles. The zero-order valence-corrected chi connectivity index (χ0v) is 18.4. The standard InChI is InChI=1S/C26H24N2O2S/c1-3-30-23-16-14-22(15-17-23)28(18-20-10-6-4-7-11-20)26(29)24-25(31-19(2)27-24)21-12-8-5-9-13-21/h4-17H,3,18H2,1-2H3. The van der Waals surface area contributed by atoms with Crippen LogP contribution in [0.2, 0.25) is 0 Å². The molecule has 0 radical (unpaired) electrons. The lowest BCUT2D eigenvalue weighted by Crippen LogP contribution is -2.31. The van der Waals surface area contributed by atoms with Gasteiger partial charge in [0, 0.05) is 5.69 Å². The van der Waals surface area contributed by atoms with E-state index in [0.29, 0.717) is 18.8 Å². The molecule has 0 saturated heterocycles. The molecule has 4 nitrogen and oxygen atoms in total. The predicted molar refractivity (Wildman–Crippen MR) is 127 cm³/mol. The smallest absolute Gasteiger partial charge is 0.278 e. The van der Waals surface area contributed by atoms with Crippen molar-refractivity contribution < 1.29 is 9.53 Å². The maximum absolute atomic E-state index is 13.8. The summed E-state index contributed by atoms with van der Waals surface area (Å²) in [5.41, 5.74) is 3.35. The number of carbonyl (C=O) groups excluding carboxylic acids is 1. The Balaban J connectivity index is 1.74.